The van der Waals surface area contributed by atoms with Crippen molar-refractivity contribution in [2.45, 2.75) is 31.2 Å². The lowest BCUT2D eigenvalue weighted by molar-refractivity contribution is 0.553. The summed E-state index contributed by atoms with van der Waals surface area (Å²) < 4.78 is 40.5. The zero-order chi connectivity index (χ0) is 14.6. The molecule has 0 bridgehead atoms. The first kappa shape index (κ1) is 16.3. The quantitative estimate of drug-likeness (QED) is 0.790. The Morgan fingerprint density at radius 2 is 2.11 bits per heavy atom. The third kappa shape index (κ3) is 4.36. The molecular weight excluding hydrogens is 287 g/mol. The molecule has 0 amide bonds. The fourth-order valence-corrected chi connectivity index (χ4v) is 3.79. The number of thioether (sulfide) groups is 1. The third-order valence-corrected chi connectivity index (χ3v) is 5.08. The summed E-state index contributed by atoms with van der Waals surface area (Å²) in [5.74, 6) is 0.241. The van der Waals surface area contributed by atoms with Crippen LogP contribution in [0.15, 0.2) is 17.0 Å². The Hall–Kier alpha value is -0.790. The molecule has 1 rings (SSSR count). The zero-order valence-electron chi connectivity index (χ0n) is 11.2. The molecule has 19 heavy (non-hydrogen) atoms. The highest BCUT2D eigenvalue weighted by Gasteiger charge is 2.21. The van der Waals surface area contributed by atoms with Crippen molar-refractivity contribution in [2.75, 3.05) is 17.7 Å². The standard InChI is InChI=1S/C12H19FN2O2S2/c1-8(4-5-18-3)15-19(16,17)12-7-10(14)6-11(13)9(12)2/h6-8,15H,4-5,14H2,1-3H3. The van der Waals surface area contributed by atoms with E-state index in [2.05, 4.69) is 4.72 Å². The summed E-state index contributed by atoms with van der Waals surface area (Å²) in [6.45, 7) is 3.21. The summed E-state index contributed by atoms with van der Waals surface area (Å²) >= 11 is 1.64. The predicted molar refractivity (Wildman–Crippen MR) is 78.3 cm³/mol. The minimum Gasteiger partial charge on any atom is -0.399 e. The molecule has 0 aliphatic rings. The number of anilines is 1. The number of benzene rings is 1. The summed E-state index contributed by atoms with van der Waals surface area (Å²) in [6, 6.07) is 2.19. The van der Waals surface area contributed by atoms with Crippen molar-refractivity contribution in [1.29, 1.82) is 0 Å². The maximum atomic E-state index is 13.5. The molecule has 7 heteroatoms. The lowest BCUT2D eigenvalue weighted by Gasteiger charge is -2.15. The first-order valence-corrected chi connectivity index (χ1v) is 8.72. The van der Waals surface area contributed by atoms with Crippen LogP contribution < -0.4 is 10.5 Å². The number of rotatable bonds is 6. The van der Waals surface area contributed by atoms with Gasteiger partial charge in [0.2, 0.25) is 10.0 Å². The van der Waals surface area contributed by atoms with Gasteiger partial charge in [-0.05, 0) is 44.4 Å². The van der Waals surface area contributed by atoms with E-state index in [9.17, 15) is 12.8 Å². The lowest BCUT2D eigenvalue weighted by Crippen LogP contribution is -2.33. The smallest absolute Gasteiger partial charge is 0.241 e. The average Bonchev–Trinajstić information content (AvgIpc) is 2.30. The normalized spacial score (nSPS) is 13.5. The van der Waals surface area contributed by atoms with Crippen molar-refractivity contribution in [1.82, 2.24) is 4.72 Å². The molecule has 0 aliphatic carbocycles. The van der Waals surface area contributed by atoms with Gasteiger partial charge in [-0.1, -0.05) is 0 Å². The Kier molecular flexibility index (Phi) is 5.64. The Bertz CT molecular complexity index is 547. The Morgan fingerprint density at radius 3 is 2.68 bits per heavy atom. The highest BCUT2D eigenvalue weighted by Crippen LogP contribution is 2.22. The summed E-state index contributed by atoms with van der Waals surface area (Å²) in [5.41, 5.74) is 5.68. The number of hydrogen-bond donors (Lipinski definition) is 2. The minimum atomic E-state index is -3.74. The largest absolute Gasteiger partial charge is 0.399 e. The average molecular weight is 306 g/mol. The molecule has 1 unspecified atom stereocenters. The van der Waals surface area contributed by atoms with Crippen molar-refractivity contribution in [3.05, 3.63) is 23.5 Å². The second kappa shape index (κ2) is 6.58. The second-order valence-electron chi connectivity index (χ2n) is 4.43. The molecule has 0 aromatic heterocycles. The van der Waals surface area contributed by atoms with Gasteiger partial charge in [0.05, 0.1) is 4.90 Å². The lowest BCUT2D eigenvalue weighted by atomic mass is 10.2. The van der Waals surface area contributed by atoms with Gasteiger partial charge >= 0.3 is 0 Å². The highest BCUT2D eigenvalue weighted by atomic mass is 32.2. The minimum absolute atomic E-state index is 0.0822. The van der Waals surface area contributed by atoms with Gasteiger partial charge in [-0.15, -0.1) is 0 Å². The number of nitrogens with one attached hydrogen (secondary N) is 1. The van der Waals surface area contributed by atoms with Gasteiger partial charge in [-0.2, -0.15) is 11.8 Å². The van der Waals surface area contributed by atoms with Gasteiger partial charge in [0.25, 0.3) is 0 Å². The van der Waals surface area contributed by atoms with E-state index in [0.29, 0.717) is 6.42 Å². The van der Waals surface area contributed by atoms with E-state index in [4.69, 9.17) is 5.73 Å². The molecule has 108 valence electrons. The van der Waals surface area contributed by atoms with Gasteiger partial charge in [0.1, 0.15) is 5.82 Å². The first-order valence-electron chi connectivity index (χ1n) is 5.85. The van der Waals surface area contributed by atoms with Crippen LogP contribution in [0.25, 0.3) is 0 Å². The molecule has 0 spiro atoms. The maximum Gasteiger partial charge on any atom is 0.241 e. The Morgan fingerprint density at radius 1 is 1.47 bits per heavy atom. The van der Waals surface area contributed by atoms with Gasteiger partial charge < -0.3 is 5.73 Å². The Labute approximate surface area is 118 Å². The van der Waals surface area contributed by atoms with Crippen molar-refractivity contribution in [2.24, 2.45) is 0 Å². The third-order valence-electron chi connectivity index (χ3n) is 2.72. The summed E-state index contributed by atoms with van der Waals surface area (Å²) in [5, 5.41) is 0. The van der Waals surface area contributed by atoms with Gasteiger partial charge in [0, 0.05) is 17.3 Å². The molecular formula is C12H19FN2O2S2. The molecule has 4 nitrogen and oxygen atoms in total. The van der Waals surface area contributed by atoms with E-state index < -0.39 is 15.8 Å². The topological polar surface area (TPSA) is 72.2 Å². The van der Waals surface area contributed by atoms with Crippen LogP contribution in [-0.2, 0) is 10.0 Å². The van der Waals surface area contributed by atoms with Crippen molar-refractivity contribution < 1.29 is 12.8 Å². The number of halogens is 1. The molecule has 1 aromatic rings. The van der Waals surface area contributed by atoms with E-state index in [-0.39, 0.29) is 22.2 Å². The number of nitrogens with two attached hydrogens (primary N) is 1. The first-order chi connectivity index (χ1) is 8.77. The van der Waals surface area contributed by atoms with Crippen LogP contribution in [0.1, 0.15) is 18.9 Å². The molecule has 0 fully saturated rings. The van der Waals surface area contributed by atoms with Crippen LogP contribution in [0.2, 0.25) is 0 Å². The van der Waals surface area contributed by atoms with Gasteiger partial charge in [0.15, 0.2) is 0 Å². The molecule has 0 radical (unpaired) electrons. The maximum absolute atomic E-state index is 13.5. The summed E-state index contributed by atoms with van der Waals surface area (Å²) in [6.07, 6.45) is 2.67. The van der Waals surface area contributed by atoms with Crippen molar-refractivity contribution in [3.8, 4) is 0 Å². The number of nitrogen functional groups attached to an aromatic ring is 1. The van der Waals surface area contributed by atoms with E-state index >= 15 is 0 Å². The van der Waals surface area contributed by atoms with Crippen LogP contribution in [0.3, 0.4) is 0 Å². The highest BCUT2D eigenvalue weighted by molar-refractivity contribution is 7.98. The predicted octanol–water partition coefficient (Wildman–Crippen LogP) is 2.14. The number of sulfonamides is 1. The van der Waals surface area contributed by atoms with Gasteiger partial charge in [-0.25, -0.2) is 17.5 Å². The van der Waals surface area contributed by atoms with Crippen LogP contribution in [0.5, 0.6) is 0 Å². The van der Waals surface area contributed by atoms with E-state index in [1.165, 1.54) is 13.0 Å². The van der Waals surface area contributed by atoms with E-state index in [0.717, 1.165) is 11.8 Å². The fraction of sp³-hybridized carbons (Fsp3) is 0.500. The van der Waals surface area contributed by atoms with Crippen LogP contribution in [0.4, 0.5) is 10.1 Å². The Balaban J connectivity index is 3.01. The van der Waals surface area contributed by atoms with Crippen LogP contribution in [0, 0.1) is 12.7 Å². The molecule has 0 saturated carbocycles. The SMILES string of the molecule is CSCCC(C)NS(=O)(=O)c1cc(N)cc(F)c1C. The molecule has 0 saturated heterocycles. The zero-order valence-corrected chi connectivity index (χ0v) is 12.9. The second-order valence-corrected chi connectivity index (χ2v) is 7.10. The molecule has 1 aromatic carbocycles. The molecule has 1 atom stereocenters. The molecule has 0 heterocycles. The number of hydrogen-bond acceptors (Lipinski definition) is 4. The van der Waals surface area contributed by atoms with E-state index in [1.807, 2.05) is 6.26 Å². The van der Waals surface area contributed by atoms with Crippen molar-refractivity contribution in [3.63, 3.8) is 0 Å². The van der Waals surface area contributed by atoms with Crippen LogP contribution >= 0.6 is 11.8 Å². The molecule has 3 N–H and O–H groups in total. The van der Waals surface area contributed by atoms with Crippen molar-refractivity contribution >= 4 is 27.5 Å². The summed E-state index contributed by atoms with van der Waals surface area (Å²) in [7, 11) is -3.74. The monoisotopic (exact) mass is 306 g/mol. The summed E-state index contributed by atoms with van der Waals surface area (Å²) in [4.78, 5) is -0.0963. The molecule has 0 aliphatic heterocycles. The van der Waals surface area contributed by atoms with E-state index in [1.54, 1.807) is 18.7 Å². The fourth-order valence-electron chi connectivity index (χ4n) is 1.63. The van der Waals surface area contributed by atoms with Crippen LogP contribution in [-0.4, -0.2) is 26.5 Å². The van der Waals surface area contributed by atoms with Gasteiger partial charge in [-0.3, -0.25) is 0 Å².